The quantitative estimate of drug-likeness (QED) is 0.689. The van der Waals surface area contributed by atoms with Crippen LogP contribution in [0, 0.1) is 5.92 Å². The third-order valence-electron chi connectivity index (χ3n) is 5.62. The summed E-state index contributed by atoms with van der Waals surface area (Å²) in [4.78, 5) is 34.6. The van der Waals surface area contributed by atoms with Crippen molar-refractivity contribution >= 4 is 17.4 Å². The van der Waals surface area contributed by atoms with E-state index >= 15 is 0 Å². The van der Waals surface area contributed by atoms with E-state index in [1.807, 2.05) is 49.4 Å². The predicted molar refractivity (Wildman–Crippen MR) is 114 cm³/mol. The molecule has 1 aromatic carbocycles. The van der Waals surface area contributed by atoms with Crippen LogP contribution in [-0.4, -0.2) is 46.3 Å². The molecule has 1 saturated heterocycles. The average Bonchev–Trinajstić information content (AvgIpc) is 3.00. The molecule has 2 amide bonds. The van der Waals surface area contributed by atoms with Crippen LogP contribution in [0.4, 0.5) is 0 Å². The van der Waals surface area contributed by atoms with Crippen molar-refractivity contribution in [2.24, 2.45) is 5.92 Å². The van der Waals surface area contributed by atoms with E-state index in [1.54, 1.807) is 6.20 Å². The molecule has 0 radical (unpaired) electrons. The zero-order chi connectivity index (χ0) is 21.1. The van der Waals surface area contributed by atoms with Crippen LogP contribution in [0.5, 0.6) is 5.75 Å². The lowest BCUT2D eigenvalue weighted by Crippen LogP contribution is -2.39. The first-order valence-electron chi connectivity index (χ1n) is 10.6. The van der Waals surface area contributed by atoms with Crippen molar-refractivity contribution in [3.8, 4) is 5.75 Å². The number of carbonyl (C=O) groups excluding carboxylic acids is 2. The number of ether oxygens (including phenoxy) is 1. The number of pyridine rings is 1. The number of benzene rings is 1. The summed E-state index contributed by atoms with van der Waals surface area (Å²) in [5.74, 6) is 0.740. The van der Waals surface area contributed by atoms with E-state index in [9.17, 15) is 9.59 Å². The van der Waals surface area contributed by atoms with Gasteiger partial charge in [0.1, 0.15) is 11.4 Å². The van der Waals surface area contributed by atoms with Crippen molar-refractivity contribution in [2.75, 3.05) is 19.7 Å². The lowest BCUT2D eigenvalue weighted by Gasteiger charge is -2.33. The summed E-state index contributed by atoms with van der Waals surface area (Å²) in [5, 5.41) is 0. The molecule has 156 valence electrons. The highest BCUT2D eigenvalue weighted by Gasteiger charge is 2.42. The predicted octanol–water partition coefficient (Wildman–Crippen LogP) is 3.49. The van der Waals surface area contributed by atoms with Crippen molar-refractivity contribution in [3.05, 3.63) is 65.6 Å². The molecule has 3 heterocycles. The molecule has 6 heteroatoms. The first-order valence-corrected chi connectivity index (χ1v) is 10.6. The maximum atomic E-state index is 13.4. The average molecular weight is 405 g/mol. The summed E-state index contributed by atoms with van der Waals surface area (Å²) >= 11 is 0. The number of likely N-dealkylation sites (tertiary alicyclic amines) is 1. The number of rotatable bonds is 6. The van der Waals surface area contributed by atoms with Gasteiger partial charge in [-0.1, -0.05) is 25.1 Å². The lowest BCUT2D eigenvalue weighted by molar-refractivity contribution is -0.138. The van der Waals surface area contributed by atoms with Crippen molar-refractivity contribution in [2.45, 2.75) is 33.2 Å². The SMILES string of the molecule is CCOc1ccc(C2=C(N3CCCC(C)C3)C(=O)N(Cc3ccccn3)C2=O)cc1. The molecule has 2 aliphatic rings. The second-order valence-electron chi connectivity index (χ2n) is 7.89. The third kappa shape index (κ3) is 3.95. The molecule has 1 aromatic heterocycles. The summed E-state index contributed by atoms with van der Waals surface area (Å²) in [7, 11) is 0. The fraction of sp³-hybridized carbons (Fsp3) is 0.375. The van der Waals surface area contributed by atoms with Gasteiger partial charge in [0.2, 0.25) is 0 Å². The Hall–Kier alpha value is -3.15. The first-order chi connectivity index (χ1) is 14.6. The summed E-state index contributed by atoms with van der Waals surface area (Å²) in [6, 6.07) is 12.9. The number of hydrogen-bond acceptors (Lipinski definition) is 5. The second kappa shape index (κ2) is 8.69. The van der Waals surface area contributed by atoms with Gasteiger partial charge in [0.05, 0.1) is 24.4 Å². The van der Waals surface area contributed by atoms with Crippen molar-refractivity contribution in [3.63, 3.8) is 0 Å². The van der Waals surface area contributed by atoms with Crippen LogP contribution in [0.1, 0.15) is 37.9 Å². The largest absolute Gasteiger partial charge is 0.494 e. The maximum Gasteiger partial charge on any atom is 0.278 e. The minimum absolute atomic E-state index is 0.173. The summed E-state index contributed by atoms with van der Waals surface area (Å²) in [6.07, 6.45) is 3.83. The summed E-state index contributed by atoms with van der Waals surface area (Å²) < 4.78 is 5.53. The number of hydrogen-bond donors (Lipinski definition) is 0. The number of piperidine rings is 1. The highest BCUT2D eigenvalue weighted by Crippen LogP contribution is 2.35. The van der Waals surface area contributed by atoms with Gasteiger partial charge in [-0.2, -0.15) is 0 Å². The number of imide groups is 1. The summed E-state index contributed by atoms with van der Waals surface area (Å²) in [5.41, 5.74) is 2.44. The molecule has 1 atom stereocenters. The molecule has 1 fully saturated rings. The minimum atomic E-state index is -0.261. The van der Waals surface area contributed by atoms with Gasteiger partial charge >= 0.3 is 0 Å². The van der Waals surface area contributed by atoms with Crippen LogP contribution in [-0.2, 0) is 16.1 Å². The van der Waals surface area contributed by atoms with Crippen molar-refractivity contribution < 1.29 is 14.3 Å². The third-order valence-corrected chi connectivity index (χ3v) is 5.62. The van der Waals surface area contributed by atoms with Crippen molar-refractivity contribution in [1.29, 1.82) is 0 Å². The highest BCUT2D eigenvalue weighted by molar-refractivity contribution is 6.35. The molecule has 0 N–H and O–H groups in total. The van der Waals surface area contributed by atoms with Crippen LogP contribution in [0.2, 0.25) is 0 Å². The molecule has 6 nitrogen and oxygen atoms in total. The molecule has 0 aliphatic carbocycles. The van der Waals surface area contributed by atoms with E-state index in [1.165, 1.54) is 4.90 Å². The molecule has 1 unspecified atom stereocenters. The number of aromatic nitrogens is 1. The Bertz CT molecular complexity index is 953. The standard InChI is InChI=1S/C24H27N3O3/c1-3-30-20-11-9-18(10-12-20)21-22(26-14-6-7-17(2)15-26)24(29)27(23(21)28)16-19-8-4-5-13-25-19/h4-5,8-13,17H,3,6-7,14-16H2,1-2H3. The normalized spacial score (nSPS) is 19.6. The van der Waals surface area contributed by atoms with E-state index in [0.717, 1.165) is 37.2 Å². The molecule has 2 aliphatic heterocycles. The smallest absolute Gasteiger partial charge is 0.278 e. The van der Waals surface area contributed by atoms with Crippen LogP contribution in [0.25, 0.3) is 5.57 Å². The molecule has 0 saturated carbocycles. The first kappa shape index (κ1) is 20.1. The Labute approximate surface area is 177 Å². The topological polar surface area (TPSA) is 62.7 Å². The van der Waals surface area contributed by atoms with Gasteiger partial charge in [-0.15, -0.1) is 0 Å². The van der Waals surface area contributed by atoms with Crippen molar-refractivity contribution in [1.82, 2.24) is 14.8 Å². The molecular formula is C24H27N3O3. The number of nitrogens with zero attached hydrogens (tertiary/aromatic N) is 3. The Morgan fingerprint density at radius 3 is 2.57 bits per heavy atom. The Balaban J connectivity index is 1.72. The van der Waals surface area contributed by atoms with Gasteiger partial charge in [0.15, 0.2) is 0 Å². The molecule has 4 rings (SSSR count). The van der Waals surface area contributed by atoms with Gasteiger partial charge in [-0.25, -0.2) is 0 Å². The molecule has 2 aromatic rings. The Kier molecular flexibility index (Phi) is 5.84. The van der Waals surface area contributed by atoms with E-state index in [-0.39, 0.29) is 18.4 Å². The van der Waals surface area contributed by atoms with Gasteiger partial charge in [0, 0.05) is 19.3 Å². The maximum absolute atomic E-state index is 13.4. The zero-order valence-corrected chi connectivity index (χ0v) is 17.5. The highest BCUT2D eigenvalue weighted by atomic mass is 16.5. The lowest BCUT2D eigenvalue weighted by atomic mass is 9.97. The molecule has 30 heavy (non-hydrogen) atoms. The monoisotopic (exact) mass is 405 g/mol. The molecular weight excluding hydrogens is 378 g/mol. The van der Waals surface area contributed by atoms with Gasteiger partial charge in [-0.3, -0.25) is 19.5 Å². The Morgan fingerprint density at radius 1 is 1.10 bits per heavy atom. The zero-order valence-electron chi connectivity index (χ0n) is 17.5. The van der Waals surface area contributed by atoms with E-state index in [4.69, 9.17) is 4.74 Å². The van der Waals surface area contributed by atoms with Gasteiger partial charge in [-0.05, 0) is 55.5 Å². The van der Waals surface area contributed by atoms with Gasteiger partial charge < -0.3 is 9.64 Å². The van der Waals surface area contributed by atoms with E-state index < -0.39 is 0 Å². The fourth-order valence-electron chi connectivity index (χ4n) is 4.19. The van der Waals surface area contributed by atoms with Crippen LogP contribution >= 0.6 is 0 Å². The number of carbonyl (C=O) groups is 2. The van der Waals surface area contributed by atoms with Crippen LogP contribution < -0.4 is 4.74 Å². The second-order valence-corrected chi connectivity index (χ2v) is 7.89. The fourth-order valence-corrected chi connectivity index (χ4v) is 4.19. The van der Waals surface area contributed by atoms with E-state index in [2.05, 4.69) is 16.8 Å². The van der Waals surface area contributed by atoms with Gasteiger partial charge in [0.25, 0.3) is 11.8 Å². The molecule has 0 spiro atoms. The summed E-state index contributed by atoms with van der Waals surface area (Å²) in [6.45, 7) is 6.44. The van der Waals surface area contributed by atoms with Crippen LogP contribution in [0.15, 0.2) is 54.4 Å². The van der Waals surface area contributed by atoms with Crippen LogP contribution in [0.3, 0.4) is 0 Å². The Morgan fingerprint density at radius 2 is 1.90 bits per heavy atom. The minimum Gasteiger partial charge on any atom is -0.494 e. The van der Waals surface area contributed by atoms with E-state index in [0.29, 0.717) is 29.5 Å². The molecule has 0 bridgehead atoms. The number of amides is 2.